The van der Waals surface area contributed by atoms with E-state index in [1.807, 2.05) is 38.1 Å². The third kappa shape index (κ3) is 4.37. The first-order valence-electron chi connectivity index (χ1n) is 7.89. The lowest BCUT2D eigenvalue weighted by molar-refractivity contribution is 0.128. The predicted octanol–water partition coefficient (Wildman–Crippen LogP) is 2.17. The van der Waals surface area contributed by atoms with Gasteiger partial charge in [0.1, 0.15) is 12.4 Å². The first-order chi connectivity index (χ1) is 10.5. The molecule has 0 aromatic heterocycles. The molecule has 122 valence electrons. The second-order valence-corrected chi connectivity index (χ2v) is 6.16. The number of carbonyl (C=O) groups is 1. The molecule has 0 spiro atoms. The lowest BCUT2D eigenvalue weighted by Gasteiger charge is -2.22. The maximum Gasteiger partial charge on any atom is 0.317 e. The number of rotatable bonds is 5. The Bertz CT molecular complexity index is 504. The van der Waals surface area contributed by atoms with Crippen LogP contribution in [-0.4, -0.2) is 47.9 Å². The Morgan fingerprint density at radius 1 is 1.45 bits per heavy atom. The van der Waals surface area contributed by atoms with Gasteiger partial charge in [0.15, 0.2) is 0 Å². The normalized spacial score (nSPS) is 20.5. The van der Waals surface area contributed by atoms with E-state index in [2.05, 4.69) is 5.32 Å². The first-order valence-corrected chi connectivity index (χ1v) is 7.89. The van der Waals surface area contributed by atoms with Crippen LogP contribution in [0.3, 0.4) is 0 Å². The molecule has 0 aliphatic carbocycles. The van der Waals surface area contributed by atoms with Crippen LogP contribution in [0.5, 0.6) is 5.75 Å². The summed E-state index contributed by atoms with van der Waals surface area (Å²) in [7, 11) is 0. The number of urea groups is 1. The molecule has 5 nitrogen and oxygen atoms in total. The number of amides is 2. The van der Waals surface area contributed by atoms with Crippen LogP contribution >= 0.6 is 0 Å². The van der Waals surface area contributed by atoms with E-state index in [9.17, 15) is 9.90 Å². The lowest BCUT2D eigenvalue weighted by atomic mass is 10.0. The first kappa shape index (κ1) is 16.6. The zero-order valence-corrected chi connectivity index (χ0v) is 13.6. The van der Waals surface area contributed by atoms with Crippen molar-refractivity contribution in [3.63, 3.8) is 0 Å². The third-order valence-electron chi connectivity index (χ3n) is 4.15. The molecule has 2 rings (SSSR count). The average molecular weight is 306 g/mol. The highest BCUT2D eigenvalue weighted by Crippen LogP contribution is 2.20. The number of hydrogen-bond donors (Lipinski definition) is 2. The van der Waals surface area contributed by atoms with E-state index in [1.54, 1.807) is 11.8 Å². The molecule has 3 unspecified atom stereocenters. The second-order valence-electron chi connectivity index (χ2n) is 6.16. The summed E-state index contributed by atoms with van der Waals surface area (Å²) < 4.78 is 5.75. The van der Waals surface area contributed by atoms with Crippen LogP contribution in [0.4, 0.5) is 4.79 Å². The van der Waals surface area contributed by atoms with Gasteiger partial charge >= 0.3 is 6.03 Å². The average Bonchev–Trinajstić information content (AvgIpc) is 2.96. The summed E-state index contributed by atoms with van der Waals surface area (Å²) in [5.74, 6) is 1.03. The van der Waals surface area contributed by atoms with Crippen molar-refractivity contribution in [1.29, 1.82) is 0 Å². The van der Waals surface area contributed by atoms with Crippen molar-refractivity contribution in [3.05, 3.63) is 29.8 Å². The summed E-state index contributed by atoms with van der Waals surface area (Å²) in [4.78, 5) is 13.9. The maximum absolute atomic E-state index is 12.2. The SMILES string of the molecule is Cc1ccccc1OCC(C)NC(=O)N1CCC(C(C)O)C1. The molecule has 1 heterocycles. The fraction of sp³-hybridized carbons (Fsp3) is 0.588. The number of ether oxygens (including phenoxy) is 1. The molecule has 1 aliphatic rings. The van der Waals surface area contributed by atoms with Crippen molar-refractivity contribution < 1.29 is 14.6 Å². The van der Waals surface area contributed by atoms with Gasteiger partial charge < -0.3 is 20.1 Å². The largest absolute Gasteiger partial charge is 0.491 e. The van der Waals surface area contributed by atoms with Gasteiger partial charge in [0.2, 0.25) is 0 Å². The van der Waals surface area contributed by atoms with Gasteiger partial charge in [-0.1, -0.05) is 18.2 Å². The van der Waals surface area contributed by atoms with Gasteiger partial charge in [0.25, 0.3) is 0 Å². The van der Waals surface area contributed by atoms with Crippen LogP contribution in [0.15, 0.2) is 24.3 Å². The second kappa shape index (κ2) is 7.49. The number of aliphatic hydroxyl groups is 1. The van der Waals surface area contributed by atoms with Gasteiger partial charge in [-0.15, -0.1) is 0 Å². The predicted molar refractivity (Wildman–Crippen MR) is 86.0 cm³/mol. The summed E-state index contributed by atoms with van der Waals surface area (Å²) in [5.41, 5.74) is 1.08. The molecule has 22 heavy (non-hydrogen) atoms. The fourth-order valence-corrected chi connectivity index (χ4v) is 2.64. The summed E-state index contributed by atoms with van der Waals surface area (Å²) in [6, 6.07) is 7.68. The number of aryl methyl sites for hydroxylation is 1. The van der Waals surface area contributed by atoms with E-state index in [0.29, 0.717) is 19.7 Å². The summed E-state index contributed by atoms with van der Waals surface area (Å²) >= 11 is 0. The van der Waals surface area contributed by atoms with E-state index in [-0.39, 0.29) is 24.1 Å². The molecule has 0 radical (unpaired) electrons. The molecule has 2 amide bonds. The molecular weight excluding hydrogens is 280 g/mol. The van der Waals surface area contributed by atoms with Crippen molar-refractivity contribution in [2.24, 2.45) is 5.92 Å². The molecule has 0 saturated carbocycles. The molecule has 1 fully saturated rings. The summed E-state index contributed by atoms with van der Waals surface area (Å²) in [5, 5.41) is 12.5. The van der Waals surface area contributed by atoms with Crippen molar-refractivity contribution in [2.45, 2.75) is 39.3 Å². The topological polar surface area (TPSA) is 61.8 Å². The number of nitrogens with zero attached hydrogens (tertiary/aromatic N) is 1. The minimum atomic E-state index is -0.361. The van der Waals surface area contributed by atoms with Gasteiger partial charge in [-0.25, -0.2) is 4.79 Å². The van der Waals surface area contributed by atoms with Gasteiger partial charge in [-0.2, -0.15) is 0 Å². The van der Waals surface area contributed by atoms with Crippen LogP contribution < -0.4 is 10.1 Å². The molecule has 1 aliphatic heterocycles. The molecule has 3 atom stereocenters. The van der Waals surface area contributed by atoms with E-state index in [4.69, 9.17) is 4.74 Å². The minimum absolute atomic E-state index is 0.0716. The number of nitrogens with one attached hydrogen (secondary N) is 1. The van der Waals surface area contributed by atoms with Crippen LogP contribution in [0.2, 0.25) is 0 Å². The van der Waals surface area contributed by atoms with Crippen molar-refractivity contribution in [1.82, 2.24) is 10.2 Å². The Morgan fingerprint density at radius 2 is 2.18 bits per heavy atom. The van der Waals surface area contributed by atoms with E-state index >= 15 is 0 Å². The Hall–Kier alpha value is -1.75. The highest BCUT2D eigenvalue weighted by Gasteiger charge is 2.29. The Kier molecular flexibility index (Phi) is 5.66. The van der Waals surface area contributed by atoms with Crippen molar-refractivity contribution in [2.75, 3.05) is 19.7 Å². The standard InChI is InChI=1S/C17H26N2O3/c1-12-6-4-5-7-16(12)22-11-13(2)18-17(21)19-9-8-15(10-19)14(3)20/h4-7,13-15,20H,8-11H2,1-3H3,(H,18,21). The number of para-hydroxylation sites is 1. The Balaban J connectivity index is 1.76. The van der Waals surface area contributed by atoms with Gasteiger partial charge in [-0.3, -0.25) is 0 Å². The summed E-state index contributed by atoms with van der Waals surface area (Å²) in [6.07, 6.45) is 0.499. The third-order valence-corrected chi connectivity index (χ3v) is 4.15. The van der Waals surface area contributed by atoms with E-state index in [1.165, 1.54) is 0 Å². The molecular formula is C17H26N2O3. The molecule has 5 heteroatoms. The van der Waals surface area contributed by atoms with Gasteiger partial charge in [0.05, 0.1) is 12.1 Å². The van der Waals surface area contributed by atoms with Gasteiger partial charge in [-0.05, 0) is 38.8 Å². The zero-order chi connectivity index (χ0) is 16.1. The molecule has 1 saturated heterocycles. The minimum Gasteiger partial charge on any atom is -0.491 e. The highest BCUT2D eigenvalue weighted by molar-refractivity contribution is 5.74. The van der Waals surface area contributed by atoms with Crippen LogP contribution in [0, 0.1) is 12.8 Å². The molecule has 1 aromatic rings. The smallest absolute Gasteiger partial charge is 0.317 e. The highest BCUT2D eigenvalue weighted by atomic mass is 16.5. The Morgan fingerprint density at radius 3 is 2.82 bits per heavy atom. The number of benzene rings is 1. The van der Waals surface area contributed by atoms with Crippen LogP contribution in [-0.2, 0) is 0 Å². The summed E-state index contributed by atoms with van der Waals surface area (Å²) in [6.45, 7) is 7.47. The fourth-order valence-electron chi connectivity index (χ4n) is 2.64. The van der Waals surface area contributed by atoms with Crippen molar-refractivity contribution in [3.8, 4) is 5.75 Å². The molecule has 0 bridgehead atoms. The number of aliphatic hydroxyl groups excluding tert-OH is 1. The van der Waals surface area contributed by atoms with Crippen LogP contribution in [0.1, 0.15) is 25.8 Å². The molecule has 1 aromatic carbocycles. The lowest BCUT2D eigenvalue weighted by Crippen LogP contribution is -2.45. The van der Waals surface area contributed by atoms with Gasteiger partial charge in [0, 0.05) is 19.0 Å². The Labute approximate surface area is 132 Å². The zero-order valence-electron chi connectivity index (χ0n) is 13.6. The quantitative estimate of drug-likeness (QED) is 0.876. The van der Waals surface area contributed by atoms with Crippen LogP contribution in [0.25, 0.3) is 0 Å². The molecule has 2 N–H and O–H groups in total. The number of carbonyl (C=O) groups excluding carboxylic acids is 1. The maximum atomic E-state index is 12.2. The van der Waals surface area contributed by atoms with Crippen molar-refractivity contribution >= 4 is 6.03 Å². The van der Waals surface area contributed by atoms with E-state index < -0.39 is 0 Å². The van der Waals surface area contributed by atoms with E-state index in [0.717, 1.165) is 17.7 Å². The monoisotopic (exact) mass is 306 g/mol. The number of hydrogen-bond acceptors (Lipinski definition) is 3. The number of likely N-dealkylation sites (tertiary alicyclic amines) is 1.